The van der Waals surface area contributed by atoms with Crippen LogP contribution in [-0.4, -0.2) is 56.9 Å². The maximum Gasteiger partial charge on any atom is 0 e. The third-order valence-electron chi connectivity index (χ3n) is 0. The molecule has 0 aromatic rings. The Bertz CT molecular complexity index is 8.04. The molecule has 5 nitrogen and oxygen atoms in total. The molecule has 7 heteroatoms. The predicted octanol–water partition coefficient (Wildman–Crippen LogP) is -4.51. The van der Waals surface area contributed by atoms with Crippen molar-refractivity contribution in [2.24, 2.45) is 0 Å². The summed E-state index contributed by atoms with van der Waals surface area (Å²) in [5.41, 5.74) is 0. The fourth-order valence-corrected chi connectivity index (χ4v) is 0. The molecule has 0 rings (SSSR count). The van der Waals surface area contributed by atoms with E-state index in [1.807, 2.05) is 0 Å². The van der Waals surface area contributed by atoms with E-state index in [4.69, 9.17) is 0 Å². The molecule has 2 radical (unpaired) electrons. The summed E-state index contributed by atoms with van der Waals surface area (Å²) in [5.74, 6) is 0. The van der Waals surface area contributed by atoms with Crippen LogP contribution in [0.2, 0.25) is 0 Å². The van der Waals surface area contributed by atoms with Crippen LogP contribution in [0.5, 0.6) is 0 Å². The molecule has 0 heterocycles. The Morgan fingerprint density at radius 1 is 0.429 bits per heavy atom. The normalized spacial score (nSPS) is 0. The van der Waals surface area contributed by atoms with Crippen LogP contribution in [0.3, 0.4) is 0 Å². The number of hydrogen-bond acceptors (Lipinski definition) is 0. The van der Waals surface area contributed by atoms with E-state index in [9.17, 15) is 0 Å². The van der Waals surface area contributed by atoms with Gasteiger partial charge in [-0.15, -0.1) is 0 Å². The fourth-order valence-electron chi connectivity index (χ4n) is 0. The van der Waals surface area contributed by atoms with Gasteiger partial charge in [-0.1, -0.05) is 0 Å². The van der Waals surface area contributed by atoms with E-state index in [2.05, 4.69) is 0 Å². The van der Waals surface area contributed by atoms with Gasteiger partial charge < -0.3 is 27.4 Å². The van der Waals surface area contributed by atoms with Crippen molar-refractivity contribution in [3.63, 3.8) is 0 Å². The van der Waals surface area contributed by atoms with Crippen molar-refractivity contribution in [1.82, 2.24) is 0 Å². The topological polar surface area (TPSA) is 158 Å². The Kier molecular flexibility index (Phi) is 5350. The summed E-state index contributed by atoms with van der Waals surface area (Å²) in [6, 6.07) is 0. The van der Waals surface area contributed by atoms with E-state index in [1.54, 1.807) is 0 Å². The summed E-state index contributed by atoms with van der Waals surface area (Å²) in [4.78, 5) is 0. The van der Waals surface area contributed by atoms with Crippen LogP contribution >= 0.6 is 0 Å². The van der Waals surface area contributed by atoms with Gasteiger partial charge >= 0.3 is 0 Å². The second-order valence-electron chi connectivity index (χ2n) is 0. The van der Waals surface area contributed by atoms with Crippen LogP contribution in [0.25, 0.3) is 0 Å². The molecule has 0 saturated carbocycles. The van der Waals surface area contributed by atoms with Gasteiger partial charge in [0.05, 0.1) is 0 Å². The minimum absolute atomic E-state index is 0. The second kappa shape index (κ2) is 157. The first-order valence-corrected chi connectivity index (χ1v) is 0. The van der Waals surface area contributed by atoms with Gasteiger partial charge in [-0.3, -0.25) is 0 Å². The Labute approximate surface area is 75.2 Å². The summed E-state index contributed by atoms with van der Waals surface area (Å²) in [6.45, 7) is 0. The van der Waals surface area contributed by atoms with E-state index >= 15 is 0 Å². The molecule has 0 amide bonds. The maximum atomic E-state index is 0. The van der Waals surface area contributed by atoms with Gasteiger partial charge in [0.1, 0.15) is 0 Å². The fraction of sp³-hybridized carbons (Fsp3) is 0. The van der Waals surface area contributed by atoms with Gasteiger partial charge in [-0.2, -0.15) is 0 Å². The van der Waals surface area contributed by atoms with E-state index < -0.39 is 0 Å². The average Bonchev–Trinajstić information content (AvgIpc) is 0. The maximum absolute atomic E-state index is 0. The van der Waals surface area contributed by atoms with Crippen molar-refractivity contribution in [3.05, 3.63) is 0 Å². The van der Waals surface area contributed by atoms with Crippen LogP contribution in [0.15, 0.2) is 0 Å². The molecule has 0 aromatic carbocycles. The summed E-state index contributed by atoms with van der Waals surface area (Å²) < 4.78 is 0. The predicted molar refractivity (Wildman–Crippen MR) is 23.8 cm³/mol. The molecule has 0 saturated heterocycles. The Morgan fingerprint density at radius 3 is 0.429 bits per heavy atom. The Morgan fingerprint density at radius 2 is 0.429 bits per heavy atom. The van der Waals surface area contributed by atoms with Crippen LogP contribution < -0.4 is 0 Å². The molecule has 0 spiro atoms. The third kappa shape index (κ3) is 112. The zero-order valence-electron chi connectivity index (χ0n) is 3.95. The van der Waals surface area contributed by atoms with E-state index in [1.165, 1.54) is 0 Å². The molecule has 0 aliphatic rings. The van der Waals surface area contributed by atoms with Gasteiger partial charge in [0.25, 0.3) is 0 Å². The first-order chi connectivity index (χ1) is 0. The van der Waals surface area contributed by atoms with Crippen molar-refractivity contribution < 1.29 is 45.9 Å². The van der Waals surface area contributed by atoms with Gasteiger partial charge in [0, 0.05) is 48.1 Å². The molecule has 0 bridgehead atoms. The molecule has 0 fully saturated rings. The Hall–Kier alpha value is 1.38. The zero-order chi connectivity index (χ0) is 0. The van der Waals surface area contributed by atoms with Crippen LogP contribution in [0.4, 0.5) is 0 Å². The molecular weight excluding hydrogens is 154 g/mol. The number of rotatable bonds is 0. The smallest absolute Gasteiger partial charge is 0 e. The third-order valence-corrected chi connectivity index (χ3v) is 0. The number of hydrogen-bond donors (Lipinski definition) is 0. The largest absolute Gasteiger partial charge is 0.412 e. The second-order valence-corrected chi connectivity index (χ2v) is 0. The molecule has 10 N–H and O–H groups in total. The molecule has 46 valence electrons. The minimum Gasteiger partial charge on any atom is -0.412 e. The summed E-state index contributed by atoms with van der Waals surface area (Å²) in [7, 11) is 0. The molecule has 0 aliphatic carbocycles. The van der Waals surface area contributed by atoms with Crippen LogP contribution in [0, 0.1) is 0 Å². The molecule has 7 heavy (non-hydrogen) atoms. The summed E-state index contributed by atoms with van der Waals surface area (Å²) in [5, 5.41) is 0. The van der Waals surface area contributed by atoms with Crippen molar-refractivity contribution in [2.75, 3.05) is 0 Å². The van der Waals surface area contributed by atoms with Crippen molar-refractivity contribution in [3.8, 4) is 0 Å². The van der Waals surface area contributed by atoms with Crippen molar-refractivity contribution in [1.29, 1.82) is 0 Å². The summed E-state index contributed by atoms with van der Waals surface area (Å²) in [6.07, 6.45) is 0. The molecule has 0 aromatic heterocycles. The van der Waals surface area contributed by atoms with Crippen LogP contribution in [0.1, 0.15) is 0 Å². The van der Waals surface area contributed by atoms with Crippen molar-refractivity contribution >= 4 is 29.6 Å². The zero-order valence-corrected chi connectivity index (χ0v) is 7.34. The van der Waals surface area contributed by atoms with Gasteiger partial charge in [0.2, 0.25) is 0 Å². The van der Waals surface area contributed by atoms with Gasteiger partial charge in [-0.25, -0.2) is 0 Å². The first kappa shape index (κ1) is 239. The molecule has 0 aliphatic heterocycles. The molecule has 0 unspecified atom stereocenters. The first-order valence-electron chi connectivity index (χ1n) is 0. The van der Waals surface area contributed by atoms with Gasteiger partial charge in [-0.05, 0) is 0 Å². The molecular formula is H10NaO5V. The Balaban J connectivity index is 0. The quantitative estimate of drug-likeness (QED) is 0.316. The van der Waals surface area contributed by atoms with E-state index in [-0.39, 0.29) is 75.5 Å². The summed E-state index contributed by atoms with van der Waals surface area (Å²) >= 11 is 0. The average molecular weight is 164 g/mol. The van der Waals surface area contributed by atoms with E-state index in [0.29, 0.717) is 0 Å². The van der Waals surface area contributed by atoms with Gasteiger partial charge in [0.15, 0.2) is 0 Å². The van der Waals surface area contributed by atoms with Crippen molar-refractivity contribution in [2.45, 2.75) is 0 Å². The SMILES string of the molecule is O.O.O.O.O.[Na].[V]. The van der Waals surface area contributed by atoms with E-state index in [0.717, 1.165) is 0 Å². The standard InChI is InChI=1S/Na.5H2O.V/h;5*1H2;. The minimum atomic E-state index is 0. The van der Waals surface area contributed by atoms with Crippen LogP contribution in [-0.2, 0) is 18.6 Å². The monoisotopic (exact) mass is 164 g/mol. The molecule has 0 atom stereocenters.